The second-order valence-electron chi connectivity index (χ2n) is 12.3. The molecule has 0 bridgehead atoms. The van der Waals surface area contributed by atoms with E-state index in [2.05, 4.69) is 113 Å². The molecule has 8 heteroatoms. The number of benzene rings is 2. The van der Waals surface area contributed by atoms with Gasteiger partial charge in [-0.3, -0.25) is 10.1 Å². The minimum atomic E-state index is -1.87. The molecule has 5 nitrogen and oxygen atoms in total. The Bertz CT molecular complexity index is 1160. The lowest BCUT2D eigenvalue weighted by Gasteiger charge is -2.51. The quantitative estimate of drug-likeness (QED) is 0.229. The lowest BCUT2D eigenvalue weighted by atomic mass is 9.96. The van der Waals surface area contributed by atoms with Crippen LogP contribution in [0.5, 0.6) is 0 Å². The topological polar surface area (TPSA) is 64.1 Å². The molecule has 39 heavy (non-hydrogen) atoms. The molecule has 0 unspecified atom stereocenters. The average Bonchev–Trinajstić information content (AvgIpc) is 3.34. The number of aromatic nitrogens is 2. The van der Waals surface area contributed by atoms with E-state index in [1.165, 1.54) is 21.1 Å². The van der Waals surface area contributed by atoms with Crippen LogP contribution in [-0.2, 0) is 14.4 Å². The van der Waals surface area contributed by atoms with Crippen molar-refractivity contribution in [1.29, 1.82) is 0 Å². The predicted octanol–water partition coefficient (Wildman–Crippen LogP) is 8.97. The van der Waals surface area contributed by atoms with Crippen LogP contribution in [0.25, 0.3) is 0 Å². The van der Waals surface area contributed by atoms with E-state index in [9.17, 15) is 4.79 Å². The van der Waals surface area contributed by atoms with Crippen LogP contribution in [-0.4, -0.2) is 38.0 Å². The zero-order chi connectivity index (χ0) is 28.9. The molecular formula is C31H45N3O2S3. The van der Waals surface area contributed by atoms with E-state index in [0.29, 0.717) is 17.7 Å². The van der Waals surface area contributed by atoms with Gasteiger partial charge in [-0.2, -0.15) is 0 Å². The highest BCUT2D eigenvalue weighted by molar-refractivity contribution is 8.31. The lowest BCUT2D eigenvalue weighted by molar-refractivity contribution is -0.117. The SMILES string of the molecule is CC(C)CCSC(C)(C)C(=O)Nc1nnc(C(C)(C)COS(c2ccccc2)(c2ccccc2)C(C)(C)C)s1. The highest BCUT2D eigenvalue weighted by Gasteiger charge is 2.43. The highest BCUT2D eigenvalue weighted by atomic mass is 32.3. The first kappa shape index (κ1) is 31.7. The molecule has 2 aromatic carbocycles. The van der Waals surface area contributed by atoms with Crippen LogP contribution in [0.1, 0.15) is 73.7 Å². The maximum absolute atomic E-state index is 13.0. The summed E-state index contributed by atoms with van der Waals surface area (Å²) in [4.78, 5) is 15.4. The van der Waals surface area contributed by atoms with Gasteiger partial charge >= 0.3 is 0 Å². The summed E-state index contributed by atoms with van der Waals surface area (Å²) >= 11 is 3.11. The number of hydrogen-bond donors (Lipinski definition) is 1. The van der Waals surface area contributed by atoms with Gasteiger partial charge in [0.05, 0.1) is 11.4 Å². The molecule has 0 spiro atoms. The predicted molar refractivity (Wildman–Crippen MR) is 170 cm³/mol. The largest absolute Gasteiger partial charge is 0.327 e. The van der Waals surface area contributed by atoms with Crippen LogP contribution < -0.4 is 5.32 Å². The normalized spacial score (nSPS) is 13.5. The van der Waals surface area contributed by atoms with Gasteiger partial charge in [0.1, 0.15) is 5.01 Å². The molecule has 214 valence electrons. The molecule has 0 aliphatic heterocycles. The van der Waals surface area contributed by atoms with Crippen molar-refractivity contribution in [1.82, 2.24) is 10.2 Å². The van der Waals surface area contributed by atoms with E-state index < -0.39 is 20.5 Å². The summed E-state index contributed by atoms with van der Waals surface area (Å²) in [5.74, 6) is 1.52. The molecule has 1 heterocycles. The van der Waals surface area contributed by atoms with Crippen LogP contribution >= 0.6 is 33.4 Å². The zero-order valence-corrected chi connectivity index (χ0v) is 27.4. The van der Waals surface area contributed by atoms with Crippen molar-refractivity contribution >= 4 is 44.4 Å². The molecule has 0 atom stereocenters. The Balaban J connectivity index is 1.82. The van der Waals surface area contributed by atoms with Crippen LogP contribution in [0, 0.1) is 5.92 Å². The molecule has 0 saturated heterocycles. The molecule has 1 N–H and O–H groups in total. The Kier molecular flexibility index (Phi) is 10.4. The van der Waals surface area contributed by atoms with Crippen molar-refractivity contribution in [2.75, 3.05) is 17.7 Å². The van der Waals surface area contributed by atoms with Gasteiger partial charge in [-0.05, 0) is 77.0 Å². The Morgan fingerprint density at radius 1 is 0.923 bits per heavy atom. The fourth-order valence-electron chi connectivity index (χ4n) is 4.09. The molecule has 0 radical (unpaired) electrons. The van der Waals surface area contributed by atoms with Crippen LogP contribution in [0.2, 0.25) is 0 Å². The van der Waals surface area contributed by atoms with Crippen molar-refractivity contribution in [3.63, 3.8) is 0 Å². The van der Waals surface area contributed by atoms with Gasteiger partial charge in [-0.1, -0.05) is 85.7 Å². The minimum Gasteiger partial charge on any atom is -0.327 e. The maximum Gasteiger partial charge on any atom is 0.241 e. The number of anilines is 1. The zero-order valence-electron chi connectivity index (χ0n) is 24.9. The first-order valence-corrected chi connectivity index (χ1v) is 16.9. The smallest absolute Gasteiger partial charge is 0.241 e. The number of hydrogen-bond acceptors (Lipinski definition) is 6. The summed E-state index contributed by atoms with van der Waals surface area (Å²) in [5, 5.41) is 13.2. The third kappa shape index (κ3) is 7.66. The van der Waals surface area contributed by atoms with Gasteiger partial charge in [0.25, 0.3) is 0 Å². The third-order valence-corrected chi connectivity index (χ3v) is 13.2. The molecule has 1 aromatic heterocycles. The maximum atomic E-state index is 13.0. The number of amides is 1. The fourth-order valence-corrected chi connectivity index (χ4v) is 10.1. The second kappa shape index (κ2) is 12.8. The molecule has 1 amide bonds. The number of carbonyl (C=O) groups is 1. The summed E-state index contributed by atoms with van der Waals surface area (Å²) < 4.78 is 6.42. The summed E-state index contributed by atoms with van der Waals surface area (Å²) in [5.41, 5.74) is -0.408. The van der Waals surface area contributed by atoms with Gasteiger partial charge in [0.15, 0.2) is 0 Å². The van der Waals surface area contributed by atoms with Crippen LogP contribution in [0.15, 0.2) is 70.5 Å². The van der Waals surface area contributed by atoms with Crippen molar-refractivity contribution in [3.05, 3.63) is 65.7 Å². The van der Waals surface area contributed by atoms with Gasteiger partial charge in [-0.25, -0.2) is 0 Å². The minimum absolute atomic E-state index is 0.0441. The third-order valence-electron chi connectivity index (χ3n) is 6.54. The van der Waals surface area contributed by atoms with Crippen LogP contribution in [0.3, 0.4) is 0 Å². The fraction of sp³-hybridized carbons (Fsp3) is 0.516. The molecule has 0 fully saturated rings. The van der Waals surface area contributed by atoms with Crippen molar-refractivity contribution < 1.29 is 8.98 Å². The molecule has 0 aliphatic carbocycles. The van der Waals surface area contributed by atoms with Gasteiger partial charge < -0.3 is 4.18 Å². The lowest BCUT2D eigenvalue weighted by Crippen LogP contribution is -2.34. The molecule has 0 aliphatic rings. The van der Waals surface area contributed by atoms with E-state index >= 15 is 0 Å². The molecule has 3 rings (SSSR count). The summed E-state index contributed by atoms with van der Waals surface area (Å²) in [6, 6.07) is 21.2. The molecule has 0 saturated carbocycles. The van der Waals surface area contributed by atoms with E-state index in [1.54, 1.807) is 11.8 Å². The number of carbonyl (C=O) groups excluding carboxylic acids is 1. The van der Waals surface area contributed by atoms with Crippen molar-refractivity contribution in [3.8, 4) is 0 Å². The van der Waals surface area contributed by atoms with Gasteiger partial charge in [0.2, 0.25) is 11.0 Å². The number of nitrogens with zero attached hydrogens (tertiary/aromatic N) is 2. The number of thioether (sulfide) groups is 1. The standard InChI is InChI=1S/C31H45N3O2S3/c1-23(2)20-21-37-31(8,9)26(35)32-28-34-33-27(38-28)30(6,7)22-36-39(29(3,4)5,24-16-12-10-13-17-24)25-18-14-11-15-19-25/h10-19,23H,20-22H2,1-9H3,(H,32,34,35). The van der Waals surface area contributed by atoms with Gasteiger partial charge in [0, 0.05) is 20.0 Å². The van der Waals surface area contributed by atoms with Crippen LogP contribution in [0.4, 0.5) is 5.13 Å². The molecular weight excluding hydrogens is 543 g/mol. The highest BCUT2D eigenvalue weighted by Crippen LogP contribution is 2.71. The van der Waals surface area contributed by atoms with E-state index in [1.807, 2.05) is 26.0 Å². The van der Waals surface area contributed by atoms with E-state index in [-0.39, 0.29) is 10.7 Å². The summed E-state index contributed by atoms with van der Waals surface area (Å²) in [6.45, 7) is 19.8. The van der Waals surface area contributed by atoms with Crippen molar-refractivity contribution in [2.45, 2.75) is 93.4 Å². The van der Waals surface area contributed by atoms with Gasteiger partial charge in [-0.15, -0.1) is 22.0 Å². The molecule has 3 aromatic rings. The van der Waals surface area contributed by atoms with E-state index in [0.717, 1.165) is 17.2 Å². The first-order chi connectivity index (χ1) is 18.2. The summed E-state index contributed by atoms with van der Waals surface area (Å²) in [6.07, 6.45) is 1.09. The Morgan fingerprint density at radius 2 is 1.46 bits per heavy atom. The number of rotatable bonds is 12. The number of nitrogens with one attached hydrogen (secondary N) is 1. The van der Waals surface area contributed by atoms with E-state index in [4.69, 9.17) is 4.18 Å². The Morgan fingerprint density at radius 3 is 1.95 bits per heavy atom. The Hall–Kier alpha value is -1.87. The summed E-state index contributed by atoms with van der Waals surface area (Å²) in [7, 11) is -1.87. The van der Waals surface area contributed by atoms with Crippen molar-refractivity contribution in [2.24, 2.45) is 5.92 Å². The average molecular weight is 588 g/mol. The monoisotopic (exact) mass is 587 g/mol. The first-order valence-electron chi connectivity index (χ1n) is 13.6. The second-order valence-corrected chi connectivity index (χ2v) is 18.6. The Labute approximate surface area is 245 Å².